The van der Waals surface area contributed by atoms with Crippen LogP contribution in [-0.4, -0.2) is 11.6 Å². The van der Waals surface area contributed by atoms with Crippen LogP contribution in [-0.2, 0) is 14.5 Å². The van der Waals surface area contributed by atoms with Gasteiger partial charge in [-0.3, -0.25) is 9.59 Å². The van der Waals surface area contributed by atoms with Gasteiger partial charge < -0.3 is 0 Å². The third-order valence-electron chi connectivity index (χ3n) is 2.75. The van der Waals surface area contributed by atoms with E-state index in [-0.39, 0.29) is 11.6 Å². The van der Waals surface area contributed by atoms with Crippen molar-refractivity contribution in [2.45, 2.75) is 24.1 Å². The van der Waals surface area contributed by atoms with Crippen LogP contribution < -0.4 is 0 Å². The van der Waals surface area contributed by atoms with E-state index >= 15 is 0 Å². The Morgan fingerprint density at radius 3 is 2.07 bits per heavy atom. The molecule has 1 aliphatic rings. The molecule has 0 aromatic heterocycles. The second-order valence-electron chi connectivity index (χ2n) is 3.72. The van der Waals surface area contributed by atoms with Crippen LogP contribution in [0.15, 0.2) is 30.3 Å². The Morgan fingerprint density at radius 2 is 1.53 bits per heavy atom. The highest BCUT2D eigenvalue weighted by Crippen LogP contribution is 2.37. The summed E-state index contributed by atoms with van der Waals surface area (Å²) in [6, 6.07) is 8.87. The first-order valence-electron chi connectivity index (χ1n) is 4.97. The third-order valence-corrected chi connectivity index (χ3v) is 3.39. The van der Waals surface area contributed by atoms with E-state index in [1.165, 1.54) is 0 Å². The summed E-state index contributed by atoms with van der Waals surface area (Å²) < 4.78 is 0. The van der Waals surface area contributed by atoms with Crippen LogP contribution in [0, 0.1) is 0 Å². The molecule has 1 aromatic carbocycles. The first kappa shape index (κ1) is 10.4. The fourth-order valence-corrected chi connectivity index (χ4v) is 2.21. The first-order valence-corrected chi connectivity index (χ1v) is 5.34. The van der Waals surface area contributed by atoms with E-state index in [1.807, 2.05) is 6.07 Å². The number of alkyl halides is 1. The number of hydrogen-bond donors (Lipinski definition) is 0. The Morgan fingerprint density at radius 1 is 1.00 bits per heavy atom. The van der Waals surface area contributed by atoms with E-state index in [1.54, 1.807) is 24.3 Å². The van der Waals surface area contributed by atoms with Crippen molar-refractivity contribution in [3.05, 3.63) is 35.9 Å². The highest BCUT2D eigenvalue weighted by Gasteiger charge is 2.46. The van der Waals surface area contributed by atoms with Gasteiger partial charge in [0.1, 0.15) is 0 Å². The average molecular weight is 223 g/mol. The van der Waals surface area contributed by atoms with Crippen LogP contribution in [0.25, 0.3) is 0 Å². The summed E-state index contributed by atoms with van der Waals surface area (Å²) in [5, 5.41) is 0. The predicted octanol–water partition coefficient (Wildman–Crippen LogP) is 2.44. The summed E-state index contributed by atoms with van der Waals surface area (Å²) in [7, 11) is 0. The molecule has 1 aliphatic carbocycles. The van der Waals surface area contributed by atoms with Crippen molar-refractivity contribution in [1.82, 2.24) is 0 Å². The zero-order valence-corrected chi connectivity index (χ0v) is 8.96. The molecular weight excluding hydrogens is 212 g/mol. The number of ketones is 2. The third kappa shape index (κ3) is 1.59. The summed E-state index contributed by atoms with van der Waals surface area (Å²) in [5.74, 6) is -0.349. The maximum absolute atomic E-state index is 11.8. The molecule has 0 saturated heterocycles. The van der Waals surface area contributed by atoms with Gasteiger partial charge in [0, 0.05) is 12.8 Å². The van der Waals surface area contributed by atoms with Gasteiger partial charge in [-0.15, -0.1) is 0 Å². The van der Waals surface area contributed by atoms with Crippen molar-refractivity contribution in [1.29, 1.82) is 0 Å². The maximum atomic E-state index is 11.8. The molecule has 0 N–H and O–H groups in total. The SMILES string of the molecule is O=C1CCCC(=O)C1(Cl)c1ccccc1. The Bertz CT molecular complexity index is 381. The second kappa shape index (κ2) is 3.78. The molecule has 0 atom stereocenters. The molecular formula is C12H11ClO2. The predicted molar refractivity (Wildman–Crippen MR) is 57.8 cm³/mol. The molecule has 0 spiro atoms. The molecule has 0 unspecified atom stereocenters. The summed E-state index contributed by atoms with van der Waals surface area (Å²) in [6.45, 7) is 0. The lowest BCUT2D eigenvalue weighted by Crippen LogP contribution is -2.41. The van der Waals surface area contributed by atoms with E-state index in [0.29, 0.717) is 24.8 Å². The molecule has 1 fully saturated rings. The highest BCUT2D eigenvalue weighted by molar-refractivity contribution is 6.47. The molecule has 0 aliphatic heterocycles. The number of benzene rings is 1. The zero-order chi connectivity index (χ0) is 10.9. The summed E-state index contributed by atoms with van der Waals surface area (Å²) in [6.07, 6.45) is 1.41. The van der Waals surface area contributed by atoms with E-state index in [0.717, 1.165) is 0 Å². The van der Waals surface area contributed by atoms with Crippen LogP contribution >= 0.6 is 11.6 Å². The van der Waals surface area contributed by atoms with Crippen molar-refractivity contribution in [3.63, 3.8) is 0 Å². The minimum Gasteiger partial charge on any atom is -0.297 e. The van der Waals surface area contributed by atoms with Crippen molar-refractivity contribution < 1.29 is 9.59 Å². The largest absolute Gasteiger partial charge is 0.297 e. The number of carbonyl (C=O) groups is 2. The number of rotatable bonds is 1. The first-order chi connectivity index (χ1) is 7.15. The molecule has 78 valence electrons. The molecule has 1 saturated carbocycles. The molecule has 3 heteroatoms. The van der Waals surface area contributed by atoms with Gasteiger partial charge in [0.2, 0.25) is 0 Å². The lowest BCUT2D eigenvalue weighted by molar-refractivity contribution is -0.134. The van der Waals surface area contributed by atoms with Crippen LogP contribution in [0.2, 0.25) is 0 Å². The normalized spacial score (nSPS) is 20.3. The molecule has 0 amide bonds. The zero-order valence-electron chi connectivity index (χ0n) is 8.20. The van der Waals surface area contributed by atoms with E-state index in [4.69, 9.17) is 11.6 Å². The van der Waals surface area contributed by atoms with E-state index < -0.39 is 4.87 Å². The van der Waals surface area contributed by atoms with Gasteiger partial charge in [-0.05, 0) is 12.0 Å². The Balaban J connectivity index is 2.47. The minimum absolute atomic E-state index is 0.174. The Kier molecular flexibility index (Phi) is 2.61. The summed E-state index contributed by atoms with van der Waals surface area (Å²) in [5.41, 5.74) is 0.598. The van der Waals surface area contributed by atoms with Crippen molar-refractivity contribution in [2.24, 2.45) is 0 Å². The van der Waals surface area contributed by atoms with Crippen LogP contribution in [0.5, 0.6) is 0 Å². The van der Waals surface area contributed by atoms with Crippen molar-refractivity contribution >= 4 is 23.2 Å². The fraction of sp³-hybridized carbons (Fsp3) is 0.333. The lowest BCUT2D eigenvalue weighted by Gasteiger charge is -2.28. The molecule has 0 radical (unpaired) electrons. The van der Waals surface area contributed by atoms with Gasteiger partial charge in [-0.2, -0.15) is 0 Å². The number of hydrogen-bond acceptors (Lipinski definition) is 2. The highest BCUT2D eigenvalue weighted by atomic mass is 35.5. The van der Waals surface area contributed by atoms with Crippen LogP contribution in [0.4, 0.5) is 0 Å². The molecule has 0 heterocycles. The molecule has 1 aromatic rings. The summed E-state index contributed by atoms with van der Waals surface area (Å²) >= 11 is 6.20. The molecule has 0 bridgehead atoms. The van der Waals surface area contributed by atoms with Gasteiger partial charge in [-0.1, -0.05) is 41.9 Å². The number of Topliss-reactive ketones (excluding diaryl/α,β-unsaturated/α-hetero) is 2. The number of carbonyl (C=O) groups excluding carboxylic acids is 2. The average Bonchev–Trinajstić information content (AvgIpc) is 2.27. The second-order valence-corrected chi connectivity index (χ2v) is 4.29. The van der Waals surface area contributed by atoms with Crippen LogP contribution in [0.3, 0.4) is 0 Å². The lowest BCUT2D eigenvalue weighted by atomic mass is 9.81. The Hall–Kier alpha value is -1.15. The molecule has 2 nitrogen and oxygen atoms in total. The van der Waals surface area contributed by atoms with E-state index in [9.17, 15) is 9.59 Å². The molecule has 15 heavy (non-hydrogen) atoms. The van der Waals surface area contributed by atoms with Crippen molar-refractivity contribution in [3.8, 4) is 0 Å². The summed E-state index contributed by atoms with van der Waals surface area (Å²) in [4.78, 5) is 22.1. The minimum atomic E-state index is -1.42. The van der Waals surface area contributed by atoms with Gasteiger partial charge in [0.05, 0.1) is 0 Å². The monoisotopic (exact) mass is 222 g/mol. The Labute approximate surface area is 93.2 Å². The quantitative estimate of drug-likeness (QED) is 0.540. The van der Waals surface area contributed by atoms with Gasteiger partial charge >= 0.3 is 0 Å². The number of halogens is 1. The van der Waals surface area contributed by atoms with Gasteiger partial charge in [0.25, 0.3) is 0 Å². The molecule has 2 rings (SSSR count). The van der Waals surface area contributed by atoms with Gasteiger partial charge in [0.15, 0.2) is 16.4 Å². The smallest absolute Gasteiger partial charge is 0.185 e. The van der Waals surface area contributed by atoms with Crippen LogP contribution in [0.1, 0.15) is 24.8 Å². The standard InChI is InChI=1S/C12H11ClO2/c13-12(9-5-2-1-3-6-9)10(14)7-4-8-11(12)15/h1-3,5-6H,4,7-8H2. The fourth-order valence-electron chi connectivity index (χ4n) is 1.90. The van der Waals surface area contributed by atoms with Gasteiger partial charge in [-0.25, -0.2) is 0 Å². The maximum Gasteiger partial charge on any atom is 0.185 e. The van der Waals surface area contributed by atoms with Crippen molar-refractivity contribution in [2.75, 3.05) is 0 Å². The van der Waals surface area contributed by atoms with E-state index in [2.05, 4.69) is 0 Å². The topological polar surface area (TPSA) is 34.1 Å².